The number of halogens is 2. The zero-order valence-electron chi connectivity index (χ0n) is 8.09. The molecule has 2 rings (SSSR count). The summed E-state index contributed by atoms with van der Waals surface area (Å²) in [5.41, 5.74) is 1.78. The van der Waals surface area contributed by atoms with Crippen LogP contribution in [0, 0.1) is 24.6 Å². The molecule has 1 aromatic heterocycles. The number of rotatable bonds is 1. The van der Waals surface area contributed by atoms with Gasteiger partial charge in [0.25, 0.3) is 0 Å². The number of aromatic nitrogens is 1. The van der Waals surface area contributed by atoms with Crippen LogP contribution in [0.1, 0.15) is 5.69 Å². The highest BCUT2D eigenvalue weighted by atomic mass is 19.1. The topological polar surface area (TPSA) is 12.9 Å². The second-order valence-corrected chi connectivity index (χ2v) is 3.22. The van der Waals surface area contributed by atoms with E-state index >= 15 is 0 Å². The number of nitrogens with zero attached hydrogens (tertiary/aromatic N) is 1. The van der Waals surface area contributed by atoms with E-state index in [0.717, 1.165) is 5.69 Å². The first kappa shape index (κ1) is 9.77. The quantitative estimate of drug-likeness (QED) is 0.695. The van der Waals surface area contributed by atoms with Crippen LogP contribution in [-0.4, -0.2) is 4.98 Å². The van der Waals surface area contributed by atoms with Gasteiger partial charge in [0.15, 0.2) is 0 Å². The zero-order chi connectivity index (χ0) is 10.8. The van der Waals surface area contributed by atoms with E-state index < -0.39 is 11.6 Å². The Balaban J connectivity index is 2.49. The summed E-state index contributed by atoms with van der Waals surface area (Å²) in [6, 6.07) is 8.07. The minimum atomic E-state index is -0.698. The Bertz CT molecular complexity index is 477. The highest BCUT2D eigenvalue weighted by Crippen LogP contribution is 2.22. The summed E-state index contributed by atoms with van der Waals surface area (Å²) >= 11 is 0. The van der Waals surface area contributed by atoms with Gasteiger partial charge in [-0.1, -0.05) is 6.07 Å². The van der Waals surface area contributed by atoms with Crippen LogP contribution >= 0.6 is 0 Å². The third-order valence-electron chi connectivity index (χ3n) is 2.08. The van der Waals surface area contributed by atoms with Crippen LogP contribution in [-0.2, 0) is 0 Å². The van der Waals surface area contributed by atoms with Crippen molar-refractivity contribution in [3.05, 3.63) is 53.9 Å². The van der Waals surface area contributed by atoms with Crippen LogP contribution < -0.4 is 0 Å². The van der Waals surface area contributed by atoms with E-state index in [1.807, 2.05) is 13.0 Å². The maximum absolute atomic E-state index is 13.3. The van der Waals surface area contributed by atoms with E-state index in [1.165, 1.54) is 12.1 Å². The third kappa shape index (κ3) is 2.01. The number of aryl methyl sites for hydroxylation is 1. The molecule has 1 radical (unpaired) electrons. The Hall–Kier alpha value is -1.77. The minimum absolute atomic E-state index is 0.309. The van der Waals surface area contributed by atoms with Gasteiger partial charge in [-0.15, -0.1) is 0 Å². The molecule has 0 aliphatic rings. The molecule has 75 valence electrons. The van der Waals surface area contributed by atoms with Gasteiger partial charge in [-0.05, 0) is 25.1 Å². The predicted molar refractivity (Wildman–Crippen MR) is 53.2 cm³/mol. The summed E-state index contributed by atoms with van der Waals surface area (Å²) in [6.45, 7) is 1.84. The molecule has 0 amide bonds. The molecule has 1 aromatic carbocycles. The zero-order valence-corrected chi connectivity index (χ0v) is 8.09. The van der Waals surface area contributed by atoms with Crippen molar-refractivity contribution in [3.63, 3.8) is 0 Å². The highest BCUT2D eigenvalue weighted by Gasteiger charge is 2.06. The van der Waals surface area contributed by atoms with E-state index in [0.29, 0.717) is 11.1 Å². The van der Waals surface area contributed by atoms with E-state index in [4.69, 9.17) is 0 Å². The van der Waals surface area contributed by atoms with Gasteiger partial charge in [0, 0.05) is 23.0 Å². The fourth-order valence-electron chi connectivity index (χ4n) is 1.29. The van der Waals surface area contributed by atoms with Crippen molar-refractivity contribution in [1.29, 1.82) is 0 Å². The van der Waals surface area contributed by atoms with Crippen molar-refractivity contribution < 1.29 is 8.78 Å². The summed E-state index contributed by atoms with van der Waals surface area (Å²) < 4.78 is 25.9. The van der Waals surface area contributed by atoms with Gasteiger partial charge in [-0.25, -0.2) is 8.78 Å². The molecule has 0 N–H and O–H groups in total. The van der Waals surface area contributed by atoms with Crippen LogP contribution in [0.3, 0.4) is 0 Å². The summed E-state index contributed by atoms with van der Waals surface area (Å²) in [6.07, 6.45) is 1.56. The minimum Gasteiger partial charge on any atom is -0.261 e. The van der Waals surface area contributed by atoms with Crippen molar-refractivity contribution in [2.45, 2.75) is 6.92 Å². The molecule has 2 aromatic rings. The van der Waals surface area contributed by atoms with Gasteiger partial charge in [-0.3, -0.25) is 4.98 Å². The second-order valence-electron chi connectivity index (χ2n) is 3.22. The van der Waals surface area contributed by atoms with Crippen LogP contribution in [0.4, 0.5) is 8.78 Å². The first-order valence-electron chi connectivity index (χ1n) is 4.47. The first-order chi connectivity index (χ1) is 7.16. The smallest absolute Gasteiger partial charge is 0.142 e. The molecular formula is C12H8F2N. The standard InChI is InChI=1S/C12H8F2N/c1-8-2-3-9(7-15-8)11-5-4-10(13)6-12(11)14/h2-5,7H,1H3. The Labute approximate surface area is 86.4 Å². The molecular weight excluding hydrogens is 196 g/mol. The lowest BCUT2D eigenvalue weighted by Crippen LogP contribution is -1.88. The molecule has 1 heterocycles. The molecule has 3 heteroatoms. The predicted octanol–water partition coefficient (Wildman–Crippen LogP) is 3.14. The van der Waals surface area contributed by atoms with Crippen LogP contribution in [0.5, 0.6) is 0 Å². The number of benzene rings is 1. The summed E-state index contributed by atoms with van der Waals surface area (Å²) in [7, 11) is 0. The van der Waals surface area contributed by atoms with Crippen molar-refractivity contribution in [2.24, 2.45) is 0 Å². The van der Waals surface area contributed by atoms with Crippen molar-refractivity contribution in [3.8, 4) is 11.1 Å². The summed E-state index contributed by atoms with van der Waals surface area (Å²) in [4.78, 5) is 4.04. The molecule has 0 saturated heterocycles. The maximum atomic E-state index is 13.3. The van der Waals surface area contributed by atoms with Gasteiger partial charge in [0.05, 0.1) is 6.07 Å². The van der Waals surface area contributed by atoms with E-state index in [1.54, 1.807) is 18.3 Å². The SMILES string of the molecule is Cc1ccc(-c2ccc(F)[c]c2F)cn1. The Kier molecular flexibility index (Phi) is 2.46. The first-order valence-corrected chi connectivity index (χ1v) is 4.47. The molecule has 0 bridgehead atoms. The maximum Gasteiger partial charge on any atom is 0.142 e. The molecule has 0 saturated carbocycles. The Morgan fingerprint density at radius 3 is 2.53 bits per heavy atom. The Morgan fingerprint density at radius 1 is 1.13 bits per heavy atom. The molecule has 0 aliphatic carbocycles. The summed E-state index contributed by atoms with van der Waals surface area (Å²) in [5, 5.41) is 0. The third-order valence-corrected chi connectivity index (χ3v) is 2.08. The Morgan fingerprint density at radius 2 is 1.93 bits per heavy atom. The molecule has 15 heavy (non-hydrogen) atoms. The second kappa shape index (κ2) is 3.77. The lowest BCUT2D eigenvalue weighted by atomic mass is 10.1. The van der Waals surface area contributed by atoms with Gasteiger partial charge < -0.3 is 0 Å². The molecule has 0 atom stereocenters. The van der Waals surface area contributed by atoms with E-state index in [2.05, 4.69) is 4.98 Å². The number of hydrogen-bond donors (Lipinski definition) is 0. The van der Waals surface area contributed by atoms with E-state index in [-0.39, 0.29) is 0 Å². The fourth-order valence-corrected chi connectivity index (χ4v) is 1.29. The number of hydrogen-bond acceptors (Lipinski definition) is 1. The molecule has 0 spiro atoms. The molecule has 0 aliphatic heterocycles. The van der Waals surface area contributed by atoms with Gasteiger partial charge in [0.1, 0.15) is 11.6 Å². The van der Waals surface area contributed by atoms with E-state index in [9.17, 15) is 8.78 Å². The number of pyridine rings is 1. The fraction of sp³-hybridized carbons (Fsp3) is 0.0833. The van der Waals surface area contributed by atoms with Crippen LogP contribution in [0.15, 0.2) is 30.5 Å². The average molecular weight is 204 g/mol. The van der Waals surface area contributed by atoms with Gasteiger partial charge in [0.2, 0.25) is 0 Å². The molecule has 1 nitrogen and oxygen atoms in total. The van der Waals surface area contributed by atoms with Gasteiger partial charge >= 0.3 is 0 Å². The van der Waals surface area contributed by atoms with Crippen LogP contribution in [0.2, 0.25) is 0 Å². The lowest BCUT2D eigenvalue weighted by Gasteiger charge is -2.02. The summed E-state index contributed by atoms with van der Waals surface area (Å²) in [5.74, 6) is -1.39. The largest absolute Gasteiger partial charge is 0.261 e. The molecule has 0 unspecified atom stereocenters. The molecule has 0 fully saturated rings. The lowest BCUT2D eigenvalue weighted by molar-refractivity contribution is 0.581. The van der Waals surface area contributed by atoms with Crippen molar-refractivity contribution >= 4 is 0 Å². The normalized spacial score (nSPS) is 10.3. The van der Waals surface area contributed by atoms with Crippen LogP contribution in [0.25, 0.3) is 11.1 Å². The van der Waals surface area contributed by atoms with Gasteiger partial charge in [-0.2, -0.15) is 0 Å². The monoisotopic (exact) mass is 204 g/mol. The average Bonchev–Trinajstić information content (AvgIpc) is 2.20. The van der Waals surface area contributed by atoms with Crippen molar-refractivity contribution in [2.75, 3.05) is 0 Å². The van der Waals surface area contributed by atoms with Crippen molar-refractivity contribution in [1.82, 2.24) is 4.98 Å². The highest BCUT2D eigenvalue weighted by molar-refractivity contribution is 5.62.